The third-order valence-electron chi connectivity index (χ3n) is 8.70. The van der Waals surface area contributed by atoms with Crippen LogP contribution in [0.15, 0.2) is 48.5 Å². The van der Waals surface area contributed by atoms with Gasteiger partial charge in [0.15, 0.2) is 0 Å². The lowest BCUT2D eigenvalue weighted by molar-refractivity contribution is 0.0817. The Hall–Kier alpha value is -4.15. The van der Waals surface area contributed by atoms with Gasteiger partial charge in [0.25, 0.3) is 5.91 Å². The Balaban J connectivity index is 1.24. The molecule has 1 aliphatic carbocycles. The van der Waals surface area contributed by atoms with E-state index in [2.05, 4.69) is 21.5 Å². The number of hydrogen-bond acceptors (Lipinski definition) is 9. The van der Waals surface area contributed by atoms with Crippen molar-refractivity contribution in [3.05, 3.63) is 82.5 Å². The summed E-state index contributed by atoms with van der Waals surface area (Å²) < 4.78 is 39.3. The molecule has 10 nitrogen and oxygen atoms in total. The van der Waals surface area contributed by atoms with Gasteiger partial charge in [0.1, 0.15) is 23.1 Å². The molecule has 0 spiro atoms. The number of morpholine rings is 2. The van der Waals surface area contributed by atoms with Gasteiger partial charge in [-0.25, -0.2) is 13.8 Å². The molecule has 2 atom stereocenters. The first-order chi connectivity index (χ1) is 22.3. The van der Waals surface area contributed by atoms with E-state index >= 15 is 0 Å². The highest BCUT2D eigenvalue weighted by Crippen LogP contribution is 2.45. The Labute approximate surface area is 267 Å². The normalized spacial score (nSPS) is 18.8. The van der Waals surface area contributed by atoms with Crippen LogP contribution in [-0.2, 0) is 21.4 Å². The number of ether oxygens (including phenoxy) is 2. The van der Waals surface area contributed by atoms with E-state index in [1.165, 1.54) is 12.1 Å². The maximum absolute atomic E-state index is 14.2. The number of hydrogen-bond donors (Lipinski definition) is 3. The second kappa shape index (κ2) is 14.1. The van der Waals surface area contributed by atoms with Gasteiger partial charge in [-0.3, -0.25) is 4.79 Å². The molecular weight excluding hydrogens is 594 g/mol. The number of nitrogens with zero attached hydrogens (tertiary/aromatic N) is 4. The maximum atomic E-state index is 14.2. The summed E-state index contributed by atoms with van der Waals surface area (Å²) in [5.74, 6) is 1.66. The fraction of sp³-hybridized carbons (Fsp3) is 0.441. The fourth-order valence-corrected chi connectivity index (χ4v) is 5.95. The van der Waals surface area contributed by atoms with Crippen LogP contribution in [0.3, 0.4) is 0 Å². The molecule has 2 aliphatic heterocycles. The average molecular weight is 633 g/mol. The van der Waals surface area contributed by atoms with Crippen molar-refractivity contribution in [2.24, 2.45) is 0 Å². The predicted molar refractivity (Wildman–Crippen MR) is 169 cm³/mol. The van der Waals surface area contributed by atoms with Crippen molar-refractivity contribution < 1.29 is 28.2 Å². The second-order valence-electron chi connectivity index (χ2n) is 11.9. The summed E-state index contributed by atoms with van der Waals surface area (Å²) in [4.78, 5) is 27.3. The van der Waals surface area contributed by atoms with Crippen molar-refractivity contribution in [3.63, 3.8) is 0 Å². The quantitative estimate of drug-likeness (QED) is 0.275. The predicted octanol–water partition coefficient (Wildman–Crippen LogP) is 2.39. The largest absolute Gasteiger partial charge is 0.390 e. The maximum Gasteiger partial charge on any atom is 0.270 e. The van der Waals surface area contributed by atoms with E-state index in [9.17, 15) is 18.7 Å². The number of carbonyl (C=O) groups excluding carboxylic acids is 1. The summed E-state index contributed by atoms with van der Waals surface area (Å²) in [6.07, 6.45) is 6.20. The summed E-state index contributed by atoms with van der Waals surface area (Å²) in [6.45, 7) is 4.63. The number of aliphatic hydroxyl groups excluding tert-OH is 1. The molecule has 2 aromatic carbocycles. The minimum Gasteiger partial charge on any atom is -0.390 e. The zero-order chi connectivity index (χ0) is 32.1. The number of anilines is 2. The number of carbonyl (C=O) groups is 1. The molecule has 0 bridgehead atoms. The van der Waals surface area contributed by atoms with Gasteiger partial charge < -0.3 is 35.0 Å². The van der Waals surface area contributed by atoms with Crippen molar-refractivity contribution in [2.75, 3.05) is 69.0 Å². The van der Waals surface area contributed by atoms with E-state index in [4.69, 9.17) is 20.9 Å². The van der Waals surface area contributed by atoms with E-state index in [0.717, 1.165) is 30.0 Å². The molecule has 242 valence electrons. The van der Waals surface area contributed by atoms with Crippen LogP contribution in [0, 0.1) is 24.0 Å². The molecular formula is C34H38F2N6O4. The Bertz CT molecular complexity index is 1530. The number of rotatable bonds is 11. The molecule has 6 rings (SSSR count). The minimum absolute atomic E-state index is 0.0133. The molecule has 1 amide bonds. The van der Waals surface area contributed by atoms with Gasteiger partial charge in [-0.15, -0.1) is 6.42 Å². The first kappa shape index (κ1) is 31.8. The summed E-state index contributed by atoms with van der Waals surface area (Å²) in [5.41, 5.74) is 1.87. The SMILES string of the molecule is C#Cc1cccc(C2(NC[C@H](O)[C@H](Cc3cc(F)cc(F)c3)NC(=O)c3cc(N4CCOCC4)nc(N4CCOCC4)n3)CC2)c1. The van der Waals surface area contributed by atoms with E-state index < -0.39 is 29.7 Å². The molecule has 0 radical (unpaired) electrons. The lowest BCUT2D eigenvalue weighted by Gasteiger charge is -2.31. The first-order valence-electron chi connectivity index (χ1n) is 15.6. The molecule has 1 aromatic heterocycles. The van der Waals surface area contributed by atoms with Crippen molar-refractivity contribution in [2.45, 2.75) is 36.9 Å². The number of nitrogens with one attached hydrogen (secondary N) is 2. The highest BCUT2D eigenvalue weighted by molar-refractivity contribution is 5.93. The van der Waals surface area contributed by atoms with Crippen LogP contribution >= 0.6 is 0 Å². The molecule has 3 N–H and O–H groups in total. The topological polar surface area (TPSA) is 112 Å². The van der Waals surface area contributed by atoms with Gasteiger partial charge >= 0.3 is 0 Å². The Morgan fingerprint density at radius 3 is 2.30 bits per heavy atom. The Kier molecular flexibility index (Phi) is 9.75. The number of halogens is 2. The van der Waals surface area contributed by atoms with Crippen LogP contribution in [0.2, 0.25) is 0 Å². The van der Waals surface area contributed by atoms with Crippen molar-refractivity contribution >= 4 is 17.7 Å². The molecule has 1 saturated carbocycles. The third-order valence-corrected chi connectivity index (χ3v) is 8.70. The molecule has 3 fully saturated rings. The second-order valence-corrected chi connectivity index (χ2v) is 11.9. The van der Waals surface area contributed by atoms with Gasteiger partial charge in [-0.1, -0.05) is 18.1 Å². The minimum atomic E-state index is -1.11. The van der Waals surface area contributed by atoms with Crippen LogP contribution in [0.25, 0.3) is 0 Å². The van der Waals surface area contributed by atoms with Crippen LogP contribution in [-0.4, -0.2) is 92.3 Å². The van der Waals surface area contributed by atoms with Crippen molar-refractivity contribution in [3.8, 4) is 12.3 Å². The number of aromatic nitrogens is 2. The van der Waals surface area contributed by atoms with Crippen LogP contribution in [0.1, 0.15) is 40.0 Å². The number of aliphatic hydroxyl groups is 1. The monoisotopic (exact) mass is 632 g/mol. The van der Waals surface area contributed by atoms with E-state index in [0.29, 0.717) is 69.9 Å². The molecule has 2 saturated heterocycles. The lowest BCUT2D eigenvalue weighted by Crippen LogP contribution is -2.50. The van der Waals surface area contributed by atoms with E-state index in [-0.39, 0.29) is 24.2 Å². The van der Waals surface area contributed by atoms with Crippen LogP contribution in [0.4, 0.5) is 20.5 Å². The van der Waals surface area contributed by atoms with Crippen LogP contribution in [0.5, 0.6) is 0 Å². The molecule has 3 heterocycles. The first-order valence-corrected chi connectivity index (χ1v) is 15.6. The highest BCUT2D eigenvalue weighted by Gasteiger charge is 2.44. The summed E-state index contributed by atoms with van der Waals surface area (Å²) in [5, 5.41) is 17.9. The summed E-state index contributed by atoms with van der Waals surface area (Å²) in [7, 11) is 0. The fourth-order valence-electron chi connectivity index (χ4n) is 5.95. The third kappa shape index (κ3) is 7.62. The molecule has 12 heteroatoms. The highest BCUT2D eigenvalue weighted by atomic mass is 19.1. The number of amides is 1. The zero-order valence-corrected chi connectivity index (χ0v) is 25.6. The van der Waals surface area contributed by atoms with Crippen molar-refractivity contribution in [1.82, 2.24) is 20.6 Å². The molecule has 0 unspecified atom stereocenters. The van der Waals surface area contributed by atoms with Crippen molar-refractivity contribution in [1.29, 1.82) is 0 Å². The standard InChI is InChI=1S/C34H38F2N6O4/c1-2-23-4-3-5-25(16-23)34(6-7-34)37-22-30(43)28(19-24-17-26(35)20-27(36)18-24)38-32(44)29-21-31(41-8-12-45-13-9-41)40-33(39-29)42-10-14-46-15-11-42/h1,3-5,16-18,20-21,28,30,37,43H,6-15,19,22H2,(H,38,44)/t28-,30-/m0/s1. The van der Waals surface area contributed by atoms with Gasteiger partial charge in [0.05, 0.1) is 38.6 Å². The van der Waals surface area contributed by atoms with Gasteiger partial charge in [0, 0.05) is 56.0 Å². The van der Waals surface area contributed by atoms with E-state index in [1.54, 1.807) is 6.07 Å². The van der Waals surface area contributed by atoms with Gasteiger partial charge in [-0.05, 0) is 54.7 Å². The smallest absolute Gasteiger partial charge is 0.270 e. The molecule has 46 heavy (non-hydrogen) atoms. The molecule has 3 aliphatic rings. The number of terminal acetylenes is 1. The molecule has 3 aromatic rings. The number of benzene rings is 2. The lowest BCUT2D eigenvalue weighted by atomic mass is 9.98. The Morgan fingerprint density at radius 1 is 0.978 bits per heavy atom. The van der Waals surface area contributed by atoms with E-state index in [1.807, 2.05) is 34.1 Å². The Morgan fingerprint density at radius 2 is 1.65 bits per heavy atom. The summed E-state index contributed by atoms with van der Waals surface area (Å²) in [6, 6.07) is 11.6. The van der Waals surface area contributed by atoms with Crippen LogP contribution < -0.4 is 20.4 Å². The average Bonchev–Trinajstić information content (AvgIpc) is 3.88. The van der Waals surface area contributed by atoms with Gasteiger partial charge in [0.2, 0.25) is 5.95 Å². The zero-order valence-electron chi connectivity index (χ0n) is 25.6. The summed E-state index contributed by atoms with van der Waals surface area (Å²) >= 11 is 0. The van der Waals surface area contributed by atoms with Gasteiger partial charge in [-0.2, -0.15) is 4.98 Å².